The molecule has 1 saturated heterocycles. The summed E-state index contributed by atoms with van der Waals surface area (Å²) in [4.78, 5) is 4.40. The van der Waals surface area contributed by atoms with E-state index in [-0.39, 0.29) is 6.71 Å². The Labute approximate surface area is 137 Å². The van der Waals surface area contributed by atoms with Crippen LogP contribution in [0.2, 0.25) is 17.8 Å². The van der Waals surface area contributed by atoms with E-state index in [2.05, 4.69) is 16.3 Å². The van der Waals surface area contributed by atoms with Crippen molar-refractivity contribution in [1.82, 2.24) is 4.98 Å². The molecular weight excluding hydrogens is 294 g/mol. The molecule has 2 aliphatic rings. The van der Waals surface area contributed by atoms with Crippen molar-refractivity contribution in [1.29, 1.82) is 5.26 Å². The Morgan fingerprint density at radius 2 is 2.14 bits per heavy atom. The van der Waals surface area contributed by atoms with Gasteiger partial charge in [0.25, 0.3) is 6.71 Å². The van der Waals surface area contributed by atoms with Crippen molar-refractivity contribution in [2.24, 2.45) is 5.92 Å². The maximum absolute atomic E-state index is 8.95. The van der Waals surface area contributed by atoms with Gasteiger partial charge >= 0.3 is 0 Å². The predicted octanol–water partition coefficient (Wildman–Crippen LogP) is 3.58. The highest BCUT2D eigenvalue weighted by molar-refractivity contribution is 6.67. The number of halogens is 1. The average molecular weight is 317 g/mol. The van der Waals surface area contributed by atoms with Crippen LogP contribution in [0.25, 0.3) is 0 Å². The van der Waals surface area contributed by atoms with E-state index in [0.717, 1.165) is 62.2 Å². The van der Waals surface area contributed by atoms with E-state index in [4.69, 9.17) is 22.6 Å². The first-order valence-corrected chi connectivity index (χ1v) is 8.67. The molecule has 1 aromatic heterocycles. The van der Waals surface area contributed by atoms with Crippen molar-refractivity contribution in [2.45, 2.75) is 51.2 Å². The standard InChI is InChI=1S/C16H22BClN4/c18-16-14(20)15(12-2-1-3-13(12)22-16)21-9-6-11-4-7-17(10-19)8-5-11/h11H,1-9,20H2,(H,21,22). The summed E-state index contributed by atoms with van der Waals surface area (Å²) in [6.07, 6.45) is 8.76. The number of anilines is 2. The number of nitriles is 1. The summed E-state index contributed by atoms with van der Waals surface area (Å²) in [6, 6.07) is 0. The van der Waals surface area contributed by atoms with Crippen molar-refractivity contribution in [2.75, 3.05) is 17.6 Å². The summed E-state index contributed by atoms with van der Waals surface area (Å²) >= 11 is 6.15. The van der Waals surface area contributed by atoms with Crippen LogP contribution in [-0.2, 0) is 12.8 Å². The number of fused-ring (bicyclic) bond motifs is 1. The van der Waals surface area contributed by atoms with Gasteiger partial charge in [0.15, 0.2) is 5.15 Å². The molecule has 0 radical (unpaired) electrons. The van der Waals surface area contributed by atoms with Crippen LogP contribution in [0.4, 0.5) is 11.4 Å². The van der Waals surface area contributed by atoms with E-state index in [1.54, 1.807) is 0 Å². The lowest BCUT2D eigenvalue weighted by molar-refractivity contribution is 0.450. The molecule has 0 atom stereocenters. The Hall–Kier alpha value is -1.41. The molecular formula is C16H22BClN4. The van der Waals surface area contributed by atoms with Crippen LogP contribution in [0.3, 0.4) is 0 Å². The number of nitrogen functional groups attached to an aromatic ring is 1. The van der Waals surface area contributed by atoms with Crippen LogP contribution < -0.4 is 11.1 Å². The number of pyridine rings is 1. The second-order valence-electron chi connectivity index (χ2n) is 6.53. The van der Waals surface area contributed by atoms with Gasteiger partial charge in [-0.2, -0.15) is 0 Å². The highest BCUT2D eigenvalue weighted by Crippen LogP contribution is 2.36. The van der Waals surface area contributed by atoms with Crippen LogP contribution >= 0.6 is 11.6 Å². The van der Waals surface area contributed by atoms with Gasteiger partial charge < -0.3 is 11.1 Å². The van der Waals surface area contributed by atoms with Gasteiger partial charge in [-0.05, 0) is 37.2 Å². The molecule has 0 aromatic carbocycles. The van der Waals surface area contributed by atoms with Crippen LogP contribution in [-0.4, -0.2) is 18.2 Å². The summed E-state index contributed by atoms with van der Waals surface area (Å²) < 4.78 is 0. The lowest BCUT2D eigenvalue weighted by Crippen LogP contribution is -2.21. The van der Waals surface area contributed by atoms with Crippen LogP contribution in [0.5, 0.6) is 0 Å². The SMILES string of the molecule is N#CB1CCC(CCNc2c(N)c(Cl)nc3c2CCC3)CC1. The molecule has 6 heteroatoms. The van der Waals surface area contributed by atoms with Crippen molar-refractivity contribution in [3.63, 3.8) is 0 Å². The third-order valence-corrected chi connectivity index (χ3v) is 5.39. The second kappa shape index (κ2) is 6.79. The van der Waals surface area contributed by atoms with Gasteiger partial charge in [-0.1, -0.05) is 37.1 Å². The zero-order chi connectivity index (χ0) is 15.5. The van der Waals surface area contributed by atoms with E-state index in [0.29, 0.717) is 10.8 Å². The Morgan fingerprint density at radius 1 is 1.36 bits per heavy atom. The van der Waals surface area contributed by atoms with Gasteiger partial charge in [-0.15, -0.1) is 0 Å². The first-order chi connectivity index (χ1) is 10.7. The highest BCUT2D eigenvalue weighted by Gasteiger charge is 2.24. The maximum Gasteiger partial charge on any atom is 0.267 e. The Kier molecular flexibility index (Phi) is 4.78. The van der Waals surface area contributed by atoms with E-state index < -0.39 is 0 Å². The van der Waals surface area contributed by atoms with E-state index >= 15 is 0 Å². The van der Waals surface area contributed by atoms with Crippen LogP contribution in [0, 0.1) is 17.1 Å². The third kappa shape index (κ3) is 3.17. The monoisotopic (exact) mass is 316 g/mol. The van der Waals surface area contributed by atoms with Gasteiger partial charge in [0.1, 0.15) is 0 Å². The molecule has 2 heterocycles. The number of rotatable bonds is 4. The molecule has 0 amide bonds. The highest BCUT2D eigenvalue weighted by atomic mass is 35.5. The second-order valence-corrected chi connectivity index (χ2v) is 6.89. The fourth-order valence-electron chi connectivity index (χ4n) is 3.75. The molecule has 22 heavy (non-hydrogen) atoms. The number of hydrogen-bond acceptors (Lipinski definition) is 4. The fraction of sp³-hybridized carbons (Fsp3) is 0.625. The third-order valence-electron chi connectivity index (χ3n) is 5.10. The van der Waals surface area contributed by atoms with Crippen LogP contribution in [0.1, 0.15) is 36.9 Å². The van der Waals surface area contributed by atoms with Gasteiger partial charge in [0.05, 0.1) is 11.4 Å². The molecule has 1 aliphatic carbocycles. The minimum Gasteiger partial charge on any atom is -0.395 e. The van der Waals surface area contributed by atoms with Crippen molar-refractivity contribution in [3.8, 4) is 5.97 Å². The van der Waals surface area contributed by atoms with Gasteiger partial charge in [0.2, 0.25) is 0 Å². The summed E-state index contributed by atoms with van der Waals surface area (Å²) in [5.74, 6) is 3.12. The van der Waals surface area contributed by atoms with Gasteiger partial charge in [-0.3, -0.25) is 0 Å². The molecule has 1 aromatic rings. The Balaban J connectivity index is 1.58. The molecule has 0 bridgehead atoms. The van der Waals surface area contributed by atoms with Gasteiger partial charge in [0, 0.05) is 18.2 Å². The van der Waals surface area contributed by atoms with E-state index in [1.807, 2.05) is 0 Å². The number of aromatic nitrogens is 1. The number of aryl methyl sites for hydroxylation is 1. The van der Waals surface area contributed by atoms with Crippen molar-refractivity contribution >= 4 is 29.7 Å². The smallest absolute Gasteiger partial charge is 0.267 e. The normalized spacial score (nSPS) is 18.1. The van der Waals surface area contributed by atoms with E-state index in [9.17, 15) is 0 Å². The largest absolute Gasteiger partial charge is 0.395 e. The molecule has 1 fully saturated rings. The number of nitrogens with zero attached hydrogens (tertiary/aromatic N) is 2. The van der Waals surface area contributed by atoms with E-state index in [1.165, 1.54) is 18.4 Å². The van der Waals surface area contributed by atoms with Gasteiger partial charge in [-0.25, -0.2) is 10.2 Å². The lowest BCUT2D eigenvalue weighted by Gasteiger charge is -2.24. The van der Waals surface area contributed by atoms with Crippen molar-refractivity contribution in [3.05, 3.63) is 16.4 Å². The molecule has 1 aliphatic heterocycles. The molecule has 0 saturated carbocycles. The summed E-state index contributed by atoms with van der Waals surface area (Å²) in [5, 5.41) is 12.9. The summed E-state index contributed by atoms with van der Waals surface area (Å²) in [6.45, 7) is 1.20. The minimum atomic E-state index is 0.280. The van der Waals surface area contributed by atoms with Crippen LogP contribution in [0.15, 0.2) is 0 Å². The number of nitrogens with one attached hydrogen (secondary N) is 1. The number of hydrogen-bond donors (Lipinski definition) is 2. The average Bonchev–Trinajstić information content (AvgIpc) is 2.99. The van der Waals surface area contributed by atoms with Crippen molar-refractivity contribution < 1.29 is 0 Å². The summed E-state index contributed by atoms with van der Waals surface area (Å²) in [7, 11) is 0. The quantitative estimate of drug-likeness (QED) is 0.657. The first kappa shape index (κ1) is 15.5. The Morgan fingerprint density at radius 3 is 2.86 bits per heavy atom. The molecule has 0 spiro atoms. The molecule has 3 rings (SSSR count). The molecule has 0 unspecified atom stereocenters. The minimum absolute atomic E-state index is 0.280. The summed E-state index contributed by atoms with van der Waals surface area (Å²) in [5.41, 5.74) is 10.1. The zero-order valence-corrected chi connectivity index (χ0v) is 13.6. The lowest BCUT2D eigenvalue weighted by atomic mass is 9.41. The molecule has 4 nitrogen and oxygen atoms in total. The first-order valence-electron chi connectivity index (χ1n) is 8.29. The maximum atomic E-state index is 8.95. The predicted molar refractivity (Wildman–Crippen MR) is 92.5 cm³/mol. The zero-order valence-electron chi connectivity index (χ0n) is 12.9. The molecule has 116 valence electrons. The fourth-order valence-corrected chi connectivity index (χ4v) is 3.94. The topological polar surface area (TPSA) is 74.7 Å². The molecule has 3 N–H and O–H groups in total. The number of nitrogens with two attached hydrogens (primary N) is 1. The Bertz CT molecular complexity index is 591.